The van der Waals surface area contributed by atoms with Crippen molar-refractivity contribution >= 4 is 39.9 Å². The van der Waals surface area contributed by atoms with Gasteiger partial charge >= 0.3 is 0 Å². The topological polar surface area (TPSA) is 55.1 Å². The van der Waals surface area contributed by atoms with Crippen molar-refractivity contribution < 1.29 is 4.79 Å². The van der Waals surface area contributed by atoms with E-state index in [1.807, 2.05) is 30.3 Å². The molecule has 0 radical (unpaired) electrons. The summed E-state index contributed by atoms with van der Waals surface area (Å²) in [5.41, 5.74) is 7.71. The van der Waals surface area contributed by atoms with E-state index in [0.29, 0.717) is 11.3 Å². The second-order valence-corrected chi connectivity index (χ2v) is 4.72. The van der Waals surface area contributed by atoms with Crippen LogP contribution in [0.1, 0.15) is 10.4 Å². The van der Waals surface area contributed by atoms with E-state index < -0.39 is 0 Å². The molecule has 0 saturated heterocycles. The number of anilines is 2. The van der Waals surface area contributed by atoms with E-state index in [1.54, 1.807) is 18.2 Å². The van der Waals surface area contributed by atoms with Crippen LogP contribution in [-0.2, 0) is 0 Å². The quantitative estimate of drug-likeness (QED) is 0.653. The van der Waals surface area contributed by atoms with Crippen LogP contribution in [0, 0.1) is 3.57 Å². The monoisotopic (exact) mass is 338 g/mol. The maximum absolute atomic E-state index is 12.0. The number of nitrogens with one attached hydrogen (secondary N) is 1. The van der Waals surface area contributed by atoms with Gasteiger partial charge in [0.2, 0.25) is 0 Å². The van der Waals surface area contributed by atoms with Crippen molar-refractivity contribution in [3.8, 4) is 0 Å². The van der Waals surface area contributed by atoms with Crippen LogP contribution in [0.4, 0.5) is 11.4 Å². The van der Waals surface area contributed by atoms with Gasteiger partial charge in [-0.05, 0) is 52.9 Å². The number of carbonyl (C=O) groups excluding carboxylic acids is 1. The summed E-state index contributed by atoms with van der Waals surface area (Å²) in [7, 11) is 0. The molecule has 0 atom stereocenters. The fourth-order valence-electron chi connectivity index (χ4n) is 1.44. The van der Waals surface area contributed by atoms with Crippen LogP contribution in [0.25, 0.3) is 0 Å². The summed E-state index contributed by atoms with van der Waals surface area (Å²) in [6, 6.07) is 14.6. The first kappa shape index (κ1) is 11.9. The Morgan fingerprint density at radius 1 is 1.12 bits per heavy atom. The van der Waals surface area contributed by atoms with Gasteiger partial charge in [-0.2, -0.15) is 0 Å². The Kier molecular flexibility index (Phi) is 3.63. The van der Waals surface area contributed by atoms with Gasteiger partial charge in [-0.25, -0.2) is 0 Å². The van der Waals surface area contributed by atoms with Gasteiger partial charge in [-0.1, -0.05) is 18.2 Å². The molecule has 0 aliphatic heterocycles. The van der Waals surface area contributed by atoms with Gasteiger partial charge in [0.15, 0.2) is 0 Å². The molecule has 3 N–H and O–H groups in total. The van der Waals surface area contributed by atoms with Crippen molar-refractivity contribution in [3.05, 3.63) is 57.7 Å². The van der Waals surface area contributed by atoms with Crippen LogP contribution < -0.4 is 11.1 Å². The van der Waals surface area contributed by atoms with Crippen LogP contribution in [0.15, 0.2) is 48.5 Å². The molecule has 0 saturated carbocycles. The molecule has 0 fully saturated rings. The minimum Gasteiger partial charge on any atom is -0.399 e. The summed E-state index contributed by atoms with van der Waals surface area (Å²) in [6.07, 6.45) is 0. The van der Waals surface area contributed by atoms with Crippen molar-refractivity contribution in [1.82, 2.24) is 0 Å². The molecule has 0 aliphatic rings. The van der Waals surface area contributed by atoms with E-state index in [4.69, 9.17) is 5.73 Å². The van der Waals surface area contributed by atoms with E-state index in [9.17, 15) is 4.79 Å². The SMILES string of the molecule is Nc1ccc(C(=O)Nc2ccccc2)c(I)c1. The molecule has 0 aliphatic carbocycles. The Labute approximate surface area is 113 Å². The van der Waals surface area contributed by atoms with Gasteiger partial charge in [0.05, 0.1) is 5.56 Å². The zero-order valence-electron chi connectivity index (χ0n) is 8.98. The Morgan fingerprint density at radius 2 is 1.82 bits per heavy atom. The zero-order chi connectivity index (χ0) is 12.3. The van der Waals surface area contributed by atoms with Gasteiger partial charge in [0.1, 0.15) is 0 Å². The highest BCUT2D eigenvalue weighted by Crippen LogP contribution is 2.17. The lowest BCUT2D eigenvalue weighted by atomic mass is 10.2. The van der Waals surface area contributed by atoms with Crippen LogP contribution in [0.5, 0.6) is 0 Å². The van der Waals surface area contributed by atoms with E-state index in [0.717, 1.165) is 9.26 Å². The molecule has 2 aromatic rings. The van der Waals surface area contributed by atoms with Gasteiger partial charge in [-0.15, -0.1) is 0 Å². The average molecular weight is 338 g/mol. The Balaban J connectivity index is 2.21. The van der Waals surface area contributed by atoms with Gasteiger partial charge in [0.25, 0.3) is 5.91 Å². The third kappa shape index (κ3) is 2.97. The molecule has 4 heteroatoms. The fourth-order valence-corrected chi connectivity index (χ4v) is 2.22. The molecule has 2 aromatic carbocycles. The highest BCUT2D eigenvalue weighted by molar-refractivity contribution is 14.1. The standard InChI is InChI=1S/C13H11IN2O/c14-12-8-9(15)6-7-11(12)13(17)16-10-4-2-1-3-5-10/h1-8H,15H2,(H,16,17). The third-order valence-electron chi connectivity index (χ3n) is 2.27. The number of hydrogen-bond acceptors (Lipinski definition) is 2. The Hall–Kier alpha value is -1.56. The largest absolute Gasteiger partial charge is 0.399 e. The second kappa shape index (κ2) is 5.18. The lowest BCUT2D eigenvalue weighted by molar-refractivity contribution is 0.102. The molecule has 86 valence electrons. The van der Waals surface area contributed by atoms with E-state index in [-0.39, 0.29) is 5.91 Å². The molecular formula is C13H11IN2O. The van der Waals surface area contributed by atoms with Crippen LogP contribution >= 0.6 is 22.6 Å². The summed E-state index contributed by atoms with van der Waals surface area (Å²) in [6.45, 7) is 0. The van der Waals surface area contributed by atoms with Gasteiger partial charge in [-0.3, -0.25) is 4.79 Å². The van der Waals surface area contributed by atoms with Crippen molar-refractivity contribution in [2.45, 2.75) is 0 Å². The number of nitrogens with two attached hydrogens (primary N) is 1. The van der Waals surface area contributed by atoms with Gasteiger partial charge < -0.3 is 11.1 Å². The summed E-state index contributed by atoms with van der Waals surface area (Å²) in [5.74, 6) is -0.124. The summed E-state index contributed by atoms with van der Waals surface area (Å²) in [4.78, 5) is 12.0. The second-order valence-electron chi connectivity index (χ2n) is 3.56. The Bertz CT molecular complexity index is 540. The maximum Gasteiger partial charge on any atom is 0.256 e. The van der Waals surface area contributed by atoms with Crippen LogP contribution in [-0.4, -0.2) is 5.91 Å². The average Bonchev–Trinajstić information content (AvgIpc) is 2.30. The highest BCUT2D eigenvalue weighted by Gasteiger charge is 2.09. The molecule has 17 heavy (non-hydrogen) atoms. The third-order valence-corrected chi connectivity index (χ3v) is 3.16. The number of benzene rings is 2. The molecule has 3 nitrogen and oxygen atoms in total. The summed E-state index contributed by atoms with van der Waals surface area (Å²) < 4.78 is 0.844. The number of halogens is 1. The molecule has 0 unspecified atom stereocenters. The molecular weight excluding hydrogens is 327 g/mol. The predicted octanol–water partition coefficient (Wildman–Crippen LogP) is 3.13. The zero-order valence-corrected chi connectivity index (χ0v) is 11.1. The van der Waals surface area contributed by atoms with Crippen LogP contribution in [0.2, 0.25) is 0 Å². The Morgan fingerprint density at radius 3 is 2.47 bits per heavy atom. The van der Waals surface area contributed by atoms with E-state index in [2.05, 4.69) is 27.9 Å². The van der Waals surface area contributed by atoms with Crippen LogP contribution in [0.3, 0.4) is 0 Å². The van der Waals surface area contributed by atoms with Crippen molar-refractivity contribution in [1.29, 1.82) is 0 Å². The maximum atomic E-state index is 12.0. The number of carbonyl (C=O) groups is 1. The molecule has 0 heterocycles. The minimum absolute atomic E-state index is 0.124. The predicted molar refractivity (Wildman–Crippen MR) is 78.0 cm³/mol. The van der Waals surface area contributed by atoms with E-state index >= 15 is 0 Å². The first-order valence-electron chi connectivity index (χ1n) is 5.08. The normalized spacial score (nSPS) is 9.94. The number of rotatable bonds is 2. The van der Waals surface area contributed by atoms with E-state index in [1.165, 1.54) is 0 Å². The fraction of sp³-hybridized carbons (Fsp3) is 0. The lowest BCUT2D eigenvalue weighted by Gasteiger charge is -2.07. The first-order chi connectivity index (χ1) is 8.16. The smallest absolute Gasteiger partial charge is 0.256 e. The highest BCUT2D eigenvalue weighted by atomic mass is 127. The molecule has 0 spiro atoms. The number of hydrogen-bond donors (Lipinski definition) is 2. The molecule has 2 rings (SSSR count). The number of para-hydroxylation sites is 1. The van der Waals surface area contributed by atoms with Crippen molar-refractivity contribution in [2.75, 3.05) is 11.1 Å². The molecule has 1 amide bonds. The minimum atomic E-state index is -0.124. The number of nitrogen functional groups attached to an aromatic ring is 1. The molecule has 0 aromatic heterocycles. The lowest BCUT2D eigenvalue weighted by Crippen LogP contribution is -2.13. The summed E-state index contributed by atoms with van der Waals surface area (Å²) >= 11 is 2.10. The first-order valence-corrected chi connectivity index (χ1v) is 6.16. The molecule has 0 bridgehead atoms. The van der Waals surface area contributed by atoms with Crippen molar-refractivity contribution in [3.63, 3.8) is 0 Å². The van der Waals surface area contributed by atoms with Gasteiger partial charge in [0, 0.05) is 14.9 Å². The number of amides is 1. The summed E-state index contributed by atoms with van der Waals surface area (Å²) in [5, 5.41) is 2.83. The van der Waals surface area contributed by atoms with Crippen molar-refractivity contribution in [2.24, 2.45) is 0 Å².